The van der Waals surface area contributed by atoms with Crippen LogP contribution in [0.1, 0.15) is 10.5 Å². The van der Waals surface area contributed by atoms with Gasteiger partial charge in [0.1, 0.15) is 24.8 Å². The molecule has 1 aliphatic heterocycles. The van der Waals surface area contributed by atoms with Crippen LogP contribution in [0.4, 0.5) is 4.39 Å². The number of aromatic nitrogens is 1. The van der Waals surface area contributed by atoms with E-state index in [0.29, 0.717) is 36.0 Å². The number of fused-ring (bicyclic) bond motifs is 1. The smallest absolute Gasteiger partial charge is 0.365 e. The van der Waals surface area contributed by atoms with E-state index < -0.39 is 11.8 Å². The molecular weight excluding hydrogens is 329 g/mol. The zero-order chi connectivity index (χ0) is 17.2. The van der Waals surface area contributed by atoms with Crippen molar-refractivity contribution in [1.82, 2.24) is 5.16 Å². The summed E-state index contributed by atoms with van der Waals surface area (Å²) in [5.74, 6) is 0.764. The largest absolute Gasteiger partial charge is 0.486 e. The molecule has 0 radical (unpaired) electrons. The molecule has 0 fully saturated rings. The fourth-order valence-corrected chi connectivity index (χ4v) is 2.37. The molecule has 0 unspecified atom stereocenters. The minimum atomic E-state index is -0.695. The SMILES string of the molecule is O=C(Oc1ccc(F)cc1)c1cc(-c2ccc3c(c2)OCCO3)on1. The highest BCUT2D eigenvalue weighted by Gasteiger charge is 2.18. The molecule has 0 saturated carbocycles. The number of hydrogen-bond acceptors (Lipinski definition) is 6. The minimum absolute atomic E-state index is 0.00853. The number of hydrogen-bond donors (Lipinski definition) is 0. The average Bonchev–Trinajstić information content (AvgIpc) is 3.13. The molecule has 4 rings (SSSR count). The second kappa shape index (κ2) is 6.27. The number of rotatable bonds is 3. The molecule has 25 heavy (non-hydrogen) atoms. The molecule has 0 bridgehead atoms. The normalized spacial score (nSPS) is 12.7. The Labute approximate surface area is 141 Å². The molecule has 2 heterocycles. The summed E-state index contributed by atoms with van der Waals surface area (Å²) in [7, 11) is 0. The van der Waals surface area contributed by atoms with Gasteiger partial charge in [-0.3, -0.25) is 0 Å². The second-order valence-corrected chi connectivity index (χ2v) is 5.28. The first-order valence-corrected chi connectivity index (χ1v) is 7.53. The zero-order valence-electron chi connectivity index (χ0n) is 12.9. The van der Waals surface area contributed by atoms with Gasteiger partial charge in [-0.2, -0.15) is 0 Å². The third kappa shape index (κ3) is 3.16. The van der Waals surface area contributed by atoms with Crippen LogP contribution in [0.3, 0.4) is 0 Å². The standard InChI is InChI=1S/C18H12FNO5/c19-12-2-4-13(5-3-12)24-18(21)14-10-16(25-20-14)11-1-6-15-17(9-11)23-8-7-22-15/h1-6,9-10H,7-8H2. The predicted molar refractivity (Wildman–Crippen MR) is 84.3 cm³/mol. The third-order valence-corrected chi connectivity index (χ3v) is 3.57. The molecule has 0 atom stereocenters. The summed E-state index contributed by atoms with van der Waals surface area (Å²) < 4.78 is 34.2. The van der Waals surface area contributed by atoms with Crippen LogP contribution in [0.2, 0.25) is 0 Å². The van der Waals surface area contributed by atoms with Crippen LogP contribution >= 0.6 is 0 Å². The Morgan fingerprint density at radius 2 is 1.76 bits per heavy atom. The van der Waals surface area contributed by atoms with Gasteiger partial charge in [0.15, 0.2) is 23.0 Å². The van der Waals surface area contributed by atoms with E-state index in [-0.39, 0.29) is 11.4 Å². The molecule has 1 aromatic heterocycles. The van der Waals surface area contributed by atoms with Crippen molar-refractivity contribution in [3.63, 3.8) is 0 Å². The summed E-state index contributed by atoms with van der Waals surface area (Å²) in [4.78, 5) is 12.1. The lowest BCUT2D eigenvalue weighted by Gasteiger charge is -2.18. The Balaban J connectivity index is 1.53. The molecule has 0 amide bonds. The maximum atomic E-state index is 12.9. The summed E-state index contributed by atoms with van der Waals surface area (Å²) in [6.45, 7) is 0.982. The maximum Gasteiger partial charge on any atom is 0.365 e. The monoisotopic (exact) mass is 341 g/mol. The van der Waals surface area contributed by atoms with Crippen LogP contribution in [0, 0.1) is 5.82 Å². The molecule has 2 aromatic carbocycles. The van der Waals surface area contributed by atoms with Crippen molar-refractivity contribution in [3.05, 3.63) is 60.0 Å². The molecule has 126 valence electrons. The quantitative estimate of drug-likeness (QED) is 0.537. The Bertz CT molecular complexity index is 919. The van der Waals surface area contributed by atoms with Gasteiger partial charge in [0.05, 0.1) is 0 Å². The van der Waals surface area contributed by atoms with Crippen molar-refractivity contribution in [2.45, 2.75) is 0 Å². The average molecular weight is 341 g/mol. The molecule has 3 aromatic rings. The summed E-state index contributed by atoms with van der Waals surface area (Å²) in [5, 5.41) is 3.72. The summed E-state index contributed by atoms with van der Waals surface area (Å²) in [6, 6.07) is 11.9. The van der Waals surface area contributed by atoms with E-state index in [1.54, 1.807) is 18.2 Å². The third-order valence-electron chi connectivity index (χ3n) is 3.57. The van der Waals surface area contributed by atoms with Crippen molar-refractivity contribution >= 4 is 5.97 Å². The summed E-state index contributed by atoms with van der Waals surface area (Å²) >= 11 is 0. The first-order valence-electron chi connectivity index (χ1n) is 7.53. The van der Waals surface area contributed by atoms with Gasteiger partial charge in [-0.1, -0.05) is 5.16 Å². The van der Waals surface area contributed by atoms with E-state index in [1.807, 2.05) is 0 Å². The minimum Gasteiger partial charge on any atom is -0.486 e. The fourth-order valence-electron chi connectivity index (χ4n) is 2.37. The Morgan fingerprint density at radius 1 is 1.00 bits per heavy atom. The van der Waals surface area contributed by atoms with E-state index in [2.05, 4.69) is 5.16 Å². The Morgan fingerprint density at radius 3 is 2.56 bits per heavy atom. The molecule has 7 heteroatoms. The van der Waals surface area contributed by atoms with Crippen LogP contribution < -0.4 is 14.2 Å². The molecule has 0 N–H and O–H groups in total. The summed E-state index contributed by atoms with van der Waals surface area (Å²) in [5.41, 5.74) is 0.701. The number of carbonyl (C=O) groups excluding carboxylic acids is 1. The predicted octanol–water partition coefficient (Wildman–Crippen LogP) is 3.47. The first kappa shape index (κ1) is 15.2. The number of ether oxygens (including phenoxy) is 3. The lowest BCUT2D eigenvalue weighted by Crippen LogP contribution is -2.15. The van der Waals surface area contributed by atoms with Crippen LogP contribution in [-0.4, -0.2) is 24.3 Å². The van der Waals surface area contributed by atoms with Gasteiger partial charge in [-0.15, -0.1) is 0 Å². The van der Waals surface area contributed by atoms with Gasteiger partial charge in [0.2, 0.25) is 0 Å². The maximum absolute atomic E-state index is 12.9. The Kier molecular flexibility index (Phi) is 3.81. The molecule has 0 aliphatic carbocycles. The molecular formula is C18H12FNO5. The highest BCUT2D eigenvalue weighted by molar-refractivity contribution is 5.90. The first-order chi connectivity index (χ1) is 12.2. The molecule has 1 aliphatic rings. The number of nitrogens with zero attached hydrogens (tertiary/aromatic N) is 1. The number of benzene rings is 2. The second-order valence-electron chi connectivity index (χ2n) is 5.28. The Hall–Kier alpha value is -3.35. The van der Waals surface area contributed by atoms with Crippen molar-refractivity contribution in [2.75, 3.05) is 13.2 Å². The topological polar surface area (TPSA) is 70.8 Å². The van der Waals surface area contributed by atoms with Crippen molar-refractivity contribution in [1.29, 1.82) is 0 Å². The van der Waals surface area contributed by atoms with Crippen molar-refractivity contribution < 1.29 is 27.9 Å². The van der Waals surface area contributed by atoms with Gasteiger partial charge in [-0.25, -0.2) is 9.18 Å². The molecule has 0 spiro atoms. The van der Waals surface area contributed by atoms with Gasteiger partial charge < -0.3 is 18.7 Å². The van der Waals surface area contributed by atoms with Crippen LogP contribution in [0.25, 0.3) is 11.3 Å². The van der Waals surface area contributed by atoms with Gasteiger partial charge in [-0.05, 0) is 42.5 Å². The summed E-state index contributed by atoms with van der Waals surface area (Å²) in [6.07, 6.45) is 0. The van der Waals surface area contributed by atoms with Crippen molar-refractivity contribution in [2.24, 2.45) is 0 Å². The number of carbonyl (C=O) groups is 1. The van der Waals surface area contributed by atoms with E-state index in [1.165, 1.54) is 30.3 Å². The van der Waals surface area contributed by atoms with E-state index in [4.69, 9.17) is 18.7 Å². The van der Waals surface area contributed by atoms with E-state index in [0.717, 1.165) is 0 Å². The highest BCUT2D eigenvalue weighted by atomic mass is 19.1. The lowest BCUT2D eigenvalue weighted by atomic mass is 10.1. The number of esters is 1. The lowest BCUT2D eigenvalue weighted by molar-refractivity contribution is 0.0724. The van der Waals surface area contributed by atoms with Gasteiger partial charge >= 0.3 is 5.97 Å². The fraction of sp³-hybridized carbons (Fsp3) is 0.111. The van der Waals surface area contributed by atoms with Gasteiger partial charge in [0.25, 0.3) is 0 Å². The van der Waals surface area contributed by atoms with Gasteiger partial charge in [0, 0.05) is 11.6 Å². The zero-order valence-corrected chi connectivity index (χ0v) is 12.9. The highest BCUT2D eigenvalue weighted by Crippen LogP contribution is 2.34. The molecule has 6 nitrogen and oxygen atoms in total. The van der Waals surface area contributed by atoms with Crippen LogP contribution in [0.15, 0.2) is 53.1 Å². The number of halogens is 1. The van der Waals surface area contributed by atoms with Crippen molar-refractivity contribution in [3.8, 4) is 28.6 Å². The molecule has 0 saturated heterocycles. The van der Waals surface area contributed by atoms with Crippen LogP contribution in [0.5, 0.6) is 17.2 Å². The van der Waals surface area contributed by atoms with Crippen LogP contribution in [-0.2, 0) is 0 Å². The van der Waals surface area contributed by atoms with E-state index in [9.17, 15) is 9.18 Å². The van der Waals surface area contributed by atoms with E-state index >= 15 is 0 Å².